The molecule has 0 bridgehead atoms. The SMILES string of the molecule is CC[C@@H](Oc1ccc(C)c(C)c1)C(=O)N[C@@H](C)c1ccc(C)c(C)c1. The van der Waals surface area contributed by atoms with Gasteiger partial charge in [-0.25, -0.2) is 0 Å². The van der Waals surface area contributed by atoms with Gasteiger partial charge in [-0.2, -0.15) is 0 Å². The summed E-state index contributed by atoms with van der Waals surface area (Å²) in [4.78, 5) is 12.6. The molecule has 0 heterocycles. The summed E-state index contributed by atoms with van der Waals surface area (Å²) in [5, 5.41) is 3.08. The van der Waals surface area contributed by atoms with Gasteiger partial charge >= 0.3 is 0 Å². The van der Waals surface area contributed by atoms with E-state index in [1.54, 1.807) is 0 Å². The number of nitrogens with one attached hydrogen (secondary N) is 1. The molecule has 3 heteroatoms. The zero-order valence-electron chi connectivity index (χ0n) is 16.1. The molecule has 0 radical (unpaired) electrons. The number of ether oxygens (including phenoxy) is 1. The molecule has 3 nitrogen and oxygen atoms in total. The molecule has 0 spiro atoms. The maximum absolute atomic E-state index is 12.6. The van der Waals surface area contributed by atoms with Crippen LogP contribution in [0, 0.1) is 27.7 Å². The summed E-state index contributed by atoms with van der Waals surface area (Å²) in [6.45, 7) is 12.3. The summed E-state index contributed by atoms with van der Waals surface area (Å²) in [5.74, 6) is 0.662. The molecular weight excluding hydrogens is 310 g/mol. The molecule has 25 heavy (non-hydrogen) atoms. The molecule has 2 aromatic carbocycles. The van der Waals surface area contributed by atoms with Crippen LogP contribution in [0.15, 0.2) is 36.4 Å². The average Bonchev–Trinajstić information content (AvgIpc) is 2.58. The van der Waals surface area contributed by atoms with Crippen molar-refractivity contribution >= 4 is 5.91 Å². The molecule has 2 atom stereocenters. The summed E-state index contributed by atoms with van der Waals surface area (Å²) in [6, 6.07) is 12.2. The van der Waals surface area contributed by atoms with Crippen LogP contribution in [-0.4, -0.2) is 12.0 Å². The minimum absolute atomic E-state index is 0.0517. The van der Waals surface area contributed by atoms with Crippen LogP contribution >= 0.6 is 0 Å². The third-order valence-electron chi connectivity index (χ3n) is 4.81. The van der Waals surface area contributed by atoms with Gasteiger partial charge in [0.05, 0.1) is 6.04 Å². The fourth-order valence-corrected chi connectivity index (χ4v) is 2.70. The quantitative estimate of drug-likeness (QED) is 0.808. The number of benzene rings is 2. The Morgan fingerprint density at radius 3 is 2.12 bits per heavy atom. The molecule has 0 aliphatic heterocycles. The van der Waals surface area contributed by atoms with E-state index in [1.165, 1.54) is 16.7 Å². The molecule has 2 rings (SSSR count). The van der Waals surface area contributed by atoms with Crippen LogP contribution in [0.3, 0.4) is 0 Å². The van der Waals surface area contributed by atoms with Crippen molar-refractivity contribution in [1.29, 1.82) is 0 Å². The standard InChI is InChI=1S/C22H29NO2/c1-7-21(25-20-11-9-15(3)17(5)13-20)22(24)23-18(6)19-10-8-14(2)16(4)12-19/h8-13,18,21H,7H2,1-6H3,(H,23,24)/t18-,21+/m0/s1. The Hall–Kier alpha value is -2.29. The zero-order chi connectivity index (χ0) is 18.6. The number of rotatable bonds is 6. The topological polar surface area (TPSA) is 38.3 Å². The van der Waals surface area contributed by atoms with Crippen LogP contribution < -0.4 is 10.1 Å². The molecule has 0 saturated carbocycles. The molecule has 0 unspecified atom stereocenters. The fraction of sp³-hybridized carbons (Fsp3) is 0.409. The van der Waals surface area contributed by atoms with E-state index in [0.29, 0.717) is 6.42 Å². The molecule has 0 fully saturated rings. The molecule has 0 aliphatic carbocycles. The predicted octanol–water partition coefficient (Wildman–Crippen LogP) is 4.96. The number of hydrogen-bond acceptors (Lipinski definition) is 2. The van der Waals surface area contributed by atoms with Crippen molar-refractivity contribution in [2.24, 2.45) is 0 Å². The second kappa shape index (κ2) is 8.19. The van der Waals surface area contributed by atoms with Crippen molar-refractivity contribution in [2.45, 2.75) is 60.1 Å². The lowest BCUT2D eigenvalue weighted by molar-refractivity contribution is -0.128. The third kappa shape index (κ3) is 4.85. The summed E-state index contributed by atoms with van der Waals surface area (Å²) < 4.78 is 5.93. The Morgan fingerprint density at radius 2 is 1.56 bits per heavy atom. The van der Waals surface area contributed by atoms with Crippen LogP contribution in [0.25, 0.3) is 0 Å². The summed E-state index contributed by atoms with van der Waals surface area (Å²) in [5.41, 5.74) is 5.98. The van der Waals surface area contributed by atoms with Gasteiger partial charge in [0.1, 0.15) is 5.75 Å². The zero-order valence-corrected chi connectivity index (χ0v) is 16.1. The normalized spacial score (nSPS) is 13.2. The second-order valence-electron chi connectivity index (χ2n) is 6.83. The summed E-state index contributed by atoms with van der Waals surface area (Å²) in [7, 11) is 0. The van der Waals surface area contributed by atoms with E-state index in [0.717, 1.165) is 16.9 Å². The lowest BCUT2D eigenvalue weighted by Gasteiger charge is -2.21. The lowest BCUT2D eigenvalue weighted by atomic mass is 10.0. The fourth-order valence-electron chi connectivity index (χ4n) is 2.70. The number of carbonyl (C=O) groups is 1. The number of hydrogen-bond donors (Lipinski definition) is 1. The molecule has 0 aliphatic rings. The Balaban J connectivity index is 2.05. The maximum Gasteiger partial charge on any atom is 0.261 e. The lowest BCUT2D eigenvalue weighted by Crippen LogP contribution is -2.39. The van der Waals surface area contributed by atoms with Crippen molar-refractivity contribution < 1.29 is 9.53 Å². The van der Waals surface area contributed by atoms with E-state index >= 15 is 0 Å². The van der Waals surface area contributed by atoms with E-state index in [4.69, 9.17) is 4.74 Å². The van der Waals surface area contributed by atoms with Crippen molar-refractivity contribution in [2.75, 3.05) is 0 Å². The van der Waals surface area contributed by atoms with Crippen LogP contribution in [0.4, 0.5) is 0 Å². The minimum atomic E-state index is -0.490. The Morgan fingerprint density at radius 1 is 0.960 bits per heavy atom. The molecular formula is C22H29NO2. The molecule has 1 amide bonds. The van der Waals surface area contributed by atoms with Crippen molar-refractivity contribution in [3.05, 3.63) is 64.2 Å². The van der Waals surface area contributed by atoms with E-state index in [1.807, 2.05) is 39.0 Å². The minimum Gasteiger partial charge on any atom is -0.481 e. The first-order valence-corrected chi connectivity index (χ1v) is 8.93. The second-order valence-corrected chi connectivity index (χ2v) is 6.83. The van der Waals surface area contributed by atoms with Crippen molar-refractivity contribution in [3.63, 3.8) is 0 Å². The van der Waals surface area contributed by atoms with Gasteiger partial charge in [-0.05, 0) is 81.0 Å². The Labute approximate surface area is 151 Å². The van der Waals surface area contributed by atoms with Gasteiger partial charge in [0.2, 0.25) is 0 Å². The smallest absolute Gasteiger partial charge is 0.261 e. The number of aryl methyl sites for hydroxylation is 4. The largest absolute Gasteiger partial charge is 0.481 e. The first-order chi connectivity index (χ1) is 11.8. The van der Waals surface area contributed by atoms with Gasteiger partial charge in [-0.1, -0.05) is 31.2 Å². The molecule has 134 valence electrons. The monoisotopic (exact) mass is 339 g/mol. The van der Waals surface area contributed by atoms with Crippen LogP contribution in [0.5, 0.6) is 5.75 Å². The van der Waals surface area contributed by atoms with Gasteiger partial charge in [-0.15, -0.1) is 0 Å². The molecule has 0 saturated heterocycles. The highest BCUT2D eigenvalue weighted by molar-refractivity contribution is 5.81. The van der Waals surface area contributed by atoms with E-state index in [-0.39, 0.29) is 11.9 Å². The molecule has 1 N–H and O–H groups in total. The first kappa shape index (κ1) is 19.0. The van der Waals surface area contributed by atoms with Gasteiger partial charge < -0.3 is 10.1 Å². The van der Waals surface area contributed by atoms with E-state index < -0.39 is 6.10 Å². The van der Waals surface area contributed by atoms with Crippen molar-refractivity contribution in [1.82, 2.24) is 5.32 Å². The Bertz CT molecular complexity index is 752. The first-order valence-electron chi connectivity index (χ1n) is 8.93. The van der Waals surface area contributed by atoms with E-state index in [2.05, 4.69) is 44.3 Å². The molecule has 2 aromatic rings. The molecule has 0 aromatic heterocycles. The predicted molar refractivity (Wildman–Crippen MR) is 103 cm³/mol. The van der Waals surface area contributed by atoms with Crippen LogP contribution in [0.2, 0.25) is 0 Å². The number of amides is 1. The van der Waals surface area contributed by atoms with Gasteiger partial charge in [0.25, 0.3) is 5.91 Å². The maximum atomic E-state index is 12.6. The average molecular weight is 339 g/mol. The summed E-state index contributed by atoms with van der Waals surface area (Å²) >= 11 is 0. The third-order valence-corrected chi connectivity index (χ3v) is 4.81. The van der Waals surface area contributed by atoms with Crippen LogP contribution in [0.1, 0.15) is 54.1 Å². The van der Waals surface area contributed by atoms with E-state index in [9.17, 15) is 4.79 Å². The number of carbonyl (C=O) groups excluding carboxylic acids is 1. The van der Waals surface area contributed by atoms with Gasteiger partial charge in [-0.3, -0.25) is 4.79 Å². The van der Waals surface area contributed by atoms with Crippen LogP contribution in [-0.2, 0) is 4.79 Å². The van der Waals surface area contributed by atoms with Gasteiger partial charge in [0.15, 0.2) is 6.10 Å². The Kier molecular flexibility index (Phi) is 6.24. The van der Waals surface area contributed by atoms with Gasteiger partial charge in [0, 0.05) is 0 Å². The van der Waals surface area contributed by atoms with Crippen molar-refractivity contribution in [3.8, 4) is 5.75 Å². The highest BCUT2D eigenvalue weighted by Crippen LogP contribution is 2.20. The highest BCUT2D eigenvalue weighted by atomic mass is 16.5. The summed E-state index contributed by atoms with van der Waals surface area (Å²) in [6.07, 6.45) is 0.134. The highest BCUT2D eigenvalue weighted by Gasteiger charge is 2.21.